The van der Waals surface area contributed by atoms with Crippen molar-refractivity contribution in [3.63, 3.8) is 0 Å². The number of imide groups is 1. The lowest BCUT2D eigenvalue weighted by molar-refractivity contribution is -0.133. The first-order valence-corrected chi connectivity index (χ1v) is 2.90. The molecular formula is C5H4FN3O3. The van der Waals surface area contributed by atoms with Crippen LogP contribution in [0, 0.1) is 0 Å². The van der Waals surface area contributed by atoms with Crippen LogP contribution >= 0.6 is 0 Å². The van der Waals surface area contributed by atoms with Crippen LogP contribution in [0.2, 0.25) is 0 Å². The molecule has 1 aliphatic rings. The number of nitrogens with two attached hydrogens (primary N) is 1. The average molecular weight is 173 g/mol. The van der Waals surface area contributed by atoms with E-state index in [1.54, 1.807) is 5.32 Å². The minimum atomic E-state index is -1.64. The Kier molecular flexibility index (Phi) is 1.86. The Morgan fingerprint density at radius 3 is 2.67 bits per heavy atom. The van der Waals surface area contributed by atoms with E-state index >= 15 is 0 Å². The van der Waals surface area contributed by atoms with Gasteiger partial charge in [-0.15, -0.1) is 0 Å². The van der Waals surface area contributed by atoms with E-state index in [0.29, 0.717) is 0 Å². The summed E-state index contributed by atoms with van der Waals surface area (Å²) >= 11 is 0. The van der Waals surface area contributed by atoms with Crippen LogP contribution in [-0.4, -0.2) is 29.7 Å². The summed E-state index contributed by atoms with van der Waals surface area (Å²) in [6.45, 7) is 0. The number of carbonyl (C=O) groups excluding carboxylic acids is 3. The molecule has 1 atom stereocenters. The van der Waals surface area contributed by atoms with Crippen molar-refractivity contribution in [3.8, 4) is 0 Å². The summed E-state index contributed by atoms with van der Waals surface area (Å²) in [5, 5.41) is 1.58. The molecule has 0 aromatic heterocycles. The monoisotopic (exact) mass is 173 g/mol. The van der Waals surface area contributed by atoms with Crippen molar-refractivity contribution in [2.24, 2.45) is 10.7 Å². The SMILES string of the molecule is NC(=O)C1N=C(F)C(=O)NC1=O. The quantitative estimate of drug-likeness (QED) is 0.349. The first-order valence-electron chi connectivity index (χ1n) is 2.90. The molecule has 12 heavy (non-hydrogen) atoms. The Morgan fingerprint density at radius 1 is 1.58 bits per heavy atom. The lowest BCUT2D eigenvalue weighted by atomic mass is 10.2. The van der Waals surface area contributed by atoms with E-state index in [2.05, 4.69) is 10.7 Å². The summed E-state index contributed by atoms with van der Waals surface area (Å²) < 4.78 is 12.3. The van der Waals surface area contributed by atoms with Gasteiger partial charge in [0.25, 0.3) is 17.8 Å². The van der Waals surface area contributed by atoms with Gasteiger partial charge in [-0.2, -0.15) is 4.39 Å². The van der Waals surface area contributed by atoms with E-state index in [0.717, 1.165) is 0 Å². The van der Waals surface area contributed by atoms with Crippen molar-refractivity contribution in [2.75, 3.05) is 0 Å². The van der Waals surface area contributed by atoms with Crippen molar-refractivity contribution in [1.29, 1.82) is 0 Å². The van der Waals surface area contributed by atoms with Gasteiger partial charge in [-0.1, -0.05) is 0 Å². The maximum Gasteiger partial charge on any atom is 0.305 e. The standard InChI is InChI=1S/C5H4FN3O3/c6-2-5(12)9-4(11)1(8-2)3(7)10/h1H,(H2,7,10)(H,9,11,12). The molecule has 0 fully saturated rings. The Balaban J connectivity index is 2.98. The van der Waals surface area contributed by atoms with Gasteiger partial charge in [0.1, 0.15) is 0 Å². The second-order valence-electron chi connectivity index (χ2n) is 2.04. The predicted octanol–water partition coefficient (Wildman–Crippen LogP) is -2.14. The summed E-state index contributed by atoms with van der Waals surface area (Å²) in [4.78, 5) is 34.3. The van der Waals surface area contributed by atoms with Crippen LogP contribution in [0.5, 0.6) is 0 Å². The summed E-state index contributed by atoms with van der Waals surface area (Å²) in [6, 6.07) is -1.64. The minimum absolute atomic E-state index is 1.01. The maximum absolute atomic E-state index is 12.3. The second-order valence-corrected chi connectivity index (χ2v) is 2.04. The number of rotatable bonds is 1. The first kappa shape index (κ1) is 8.31. The number of hydrogen-bond donors (Lipinski definition) is 2. The Bertz CT molecular complexity index is 298. The minimum Gasteiger partial charge on any atom is -0.367 e. The van der Waals surface area contributed by atoms with Crippen LogP contribution in [0.25, 0.3) is 0 Å². The van der Waals surface area contributed by atoms with E-state index < -0.39 is 29.7 Å². The van der Waals surface area contributed by atoms with Crippen molar-refractivity contribution in [3.05, 3.63) is 0 Å². The van der Waals surface area contributed by atoms with Crippen LogP contribution in [0.4, 0.5) is 4.39 Å². The molecule has 64 valence electrons. The largest absolute Gasteiger partial charge is 0.367 e. The van der Waals surface area contributed by atoms with Gasteiger partial charge in [0.2, 0.25) is 6.04 Å². The lowest BCUT2D eigenvalue weighted by Gasteiger charge is -2.12. The Hall–Kier alpha value is -1.79. The van der Waals surface area contributed by atoms with E-state index in [1.165, 1.54) is 0 Å². The van der Waals surface area contributed by atoms with Crippen molar-refractivity contribution in [2.45, 2.75) is 6.04 Å². The van der Waals surface area contributed by atoms with Crippen molar-refractivity contribution >= 4 is 23.7 Å². The third kappa shape index (κ3) is 1.29. The fourth-order valence-electron chi connectivity index (χ4n) is 0.655. The molecule has 0 spiro atoms. The molecule has 0 aromatic carbocycles. The highest BCUT2D eigenvalue weighted by Crippen LogP contribution is 1.99. The molecule has 1 heterocycles. The third-order valence-electron chi connectivity index (χ3n) is 1.18. The number of nitrogens with zero attached hydrogens (tertiary/aromatic N) is 1. The molecule has 3 N–H and O–H groups in total. The molecule has 0 saturated heterocycles. The van der Waals surface area contributed by atoms with Crippen LogP contribution in [0.1, 0.15) is 0 Å². The predicted molar refractivity (Wildman–Crippen MR) is 34.7 cm³/mol. The van der Waals surface area contributed by atoms with Crippen molar-refractivity contribution < 1.29 is 18.8 Å². The van der Waals surface area contributed by atoms with E-state index in [9.17, 15) is 18.8 Å². The molecule has 0 aliphatic carbocycles. The van der Waals surface area contributed by atoms with Crippen LogP contribution in [-0.2, 0) is 14.4 Å². The fourth-order valence-corrected chi connectivity index (χ4v) is 0.655. The molecule has 1 aliphatic heterocycles. The molecule has 0 saturated carbocycles. The molecule has 0 radical (unpaired) electrons. The van der Waals surface area contributed by atoms with E-state index in [1.807, 2.05) is 0 Å². The molecule has 1 rings (SSSR count). The van der Waals surface area contributed by atoms with Gasteiger partial charge < -0.3 is 5.73 Å². The zero-order valence-electron chi connectivity index (χ0n) is 5.70. The zero-order valence-corrected chi connectivity index (χ0v) is 5.70. The third-order valence-corrected chi connectivity index (χ3v) is 1.18. The first-order chi connectivity index (χ1) is 5.52. The van der Waals surface area contributed by atoms with Gasteiger partial charge in [0.15, 0.2) is 0 Å². The van der Waals surface area contributed by atoms with Crippen LogP contribution in [0.15, 0.2) is 4.99 Å². The molecule has 6 nitrogen and oxygen atoms in total. The topological polar surface area (TPSA) is 102 Å². The highest BCUT2D eigenvalue weighted by Gasteiger charge is 2.32. The number of halogens is 1. The molecule has 3 amide bonds. The highest BCUT2D eigenvalue weighted by atomic mass is 19.1. The molecule has 0 bridgehead atoms. The van der Waals surface area contributed by atoms with Gasteiger partial charge in [0, 0.05) is 0 Å². The molecule has 1 unspecified atom stereocenters. The van der Waals surface area contributed by atoms with Gasteiger partial charge in [0.05, 0.1) is 0 Å². The van der Waals surface area contributed by atoms with Crippen molar-refractivity contribution in [1.82, 2.24) is 5.32 Å². The lowest BCUT2D eigenvalue weighted by Crippen LogP contribution is -2.50. The van der Waals surface area contributed by atoms with Crippen LogP contribution < -0.4 is 11.1 Å². The van der Waals surface area contributed by atoms with Crippen LogP contribution in [0.3, 0.4) is 0 Å². The van der Waals surface area contributed by atoms with E-state index in [4.69, 9.17) is 0 Å². The Labute approximate surface area is 65.6 Å². The highest BCUT2D eigenvalue weighted by molar-refractivity contribution is 6.40. The smallest absolute Gasteiger partial charge is 0.305 e. The summed E-state index contributed by atoms with van der Waals surface area (Å²) in [5.41, 5.74) is 4.68. The number of amides is 3. The van der Waals surface area contributed by atoms with Gasteiger partial charge in [-0.25, -0.2) is 4.99 Å². The fraction of sp³-hybridized carbons (Fsp3) is 0.200. The number of primary amides is 1. The number of hydrogen-bond acceptors (Lipinski definition) is 4. The molecular weight excluding hydrogens is 169 g/mol. The average Bonchev–Trinajstić information content (AvgIpc) is 1.96. The molecule has 7 heteroatoms. The zero-order chi connectivity index (χ0) is 9.30. The molecule has 0 aromatic rings. The summed E-state index contributed by atoms with van der Waals surface area (Å²) in [5.74, 6) is -4.78. The number of nitrogens with one attached hydrogen (secondary N) is 1. The maximum atomic E-state index is 12.3. The van der Waals surface area contributed by atoms with E-state index in [-0.39, 0.29) is 0 Å². The number of aliphatic imine (C=N–C) groups is 1. The Morgan fingerprint density at radius 2 is 2.17 bits per heavy atom. The van der Waals surface area contributed by atoms with Gasteiger partial charge in [-0.3, -0.25) is 19.7 Å². The van der Waals surface area contributed by atoms with Gasteiger partial charge >= 0.3 is 5.91 Å². The second kappa shape index (κ2) is 2.68. The van der Waals surface area contributed by atoms with Gasteiger partial charge in [-0.05, 0) is 0 Å². The summed E-state index contributed by atoms with van der Waals surface area (Å²) in [6.07, 6.45) is 0. The number of carbonyl (C=O) groups is 3. The summed E-state index contributed by atoms with van der Waals surface area (Å²) in [7, 11) is 0. The normalized spacial score (nSPS) is 23.1.